The van der Waals surface area contributed by atoms with Crippen LogP contribution in [0.4, 0.5) is 23.2 Å². The maximum atomic E-state index is 13.0. The minimum Gasteiger partial charge on any atom is -0.321 e. The van der Waals surface area contributed by atoms with Gasteiger partial charge in [0.2, 0.25) is 0 Å². The molecule has 21 heavy (non-hydrogen) atoms. The molecular formula is C14H6F4N2O. The molecule has 0 aromatic heterocycles. The Labute approximate surface area is 116 Å². The van der Waals surface area contributed by atoms with Crippen LogP contribution in [0.25, 0.3) is 0 Å². The topological polar surface area (TPSA) is 52.9 Å². The molecule has 0 saturated carbocycles. The van der Waals surface area contributed by atoms with Crippen molar-refractivity contribution in [1.29, 1.82) is 5.26 Å². The van der Waals surface area contributed by atoms with Gasteiger partial charge in [0.15, 0.2) is 17.5 Å². The van der Waals surface area contributed by atoms with Crippen LogP contribution in [0.1, 0.15) is 15.9 Å². The Kier molecular flexibility index (Phi) is 3.89. The fourth-order valence-corrected chi connectivity index (χ4v) is 1.60. The molecule has 1 amide bonds. The first-order valence-electron chi connectivity index (χ1n) is 5.58. The Morgan fingerprint density at radius 1 is 1.05 bits per heavy atom. The summed E-state index contributed by atoms with van der Waals surface area (Å²) in [6.07, 6.45) is 0. The highest BCUT2D eigenvalue weighted by Crippen LogP contribution is 2.19. The lowest BCUT2D eigenvalue weighted by atomic mass is 10.1. The van der Waals surface area contributed by atoms with E-state index in [4.69, 9.17) is 5.26 Å². The zero-order valence-corrected chi connectivity index (χ0v) is 10.3. The van der Waals surface area contributed by atoms with Crippen molar-refractivity contribution in [2.24, 2.45) is 0 Å². The van der Waals surface area contributed by atoms with E-state index in [1.165, 1.54) is 0 Å². The largest absolute Gasteiger partial charge is 0.321 e. The average molecular weight is 294 g/mol. The van der Waals surface area contributed by atoms with Gasteiger partial charge in [0.25, 0.3) is 5.91 Å². The van der Waals surface area contributed by atoms with E-state index in [0.29, 0.717) is 12.1 Å². The number of nitrogens with one attached hydrogen (secondary N) is 1. The van der Waals surface area contributed by atoms with Crippen LogP contribution in [0, 0.1) is 34.6 Å². The maximum absolute atomic E-state index is 13.0. The molecule has 0 saturated heterocycles. The summed E-state index contributed by atoms with van der Waals surface area (Å²) in [5.74, 6) is -6.36. The standard InChI is InChI=1S/C14H6F4N2O/c15-9-1-2-12(8(3-9)6-19)20-14(21)7-4-10(16)13(18)11(17)5-7/h1-5H,(H,20,21). The summed E-state index contributed by atoms with van der Waals surface area (Å²) in [5, 5.41) is 11.0. The molecule has 0 radical (unpaired) electrons. The zero-order chi connectivity index (χ0) is 15.6. The molecule has 0 spiro atoms. The molecule has 0 aliphatic carbocycles. The molecule has 0 aliphatic rings. The molecule has 0 unspecified atom stereocenters. The van der Waals surface area contributed by atoms with Crippen LogP contribution in [0.2, 0.25) is 0 Å². The highest BCUT2D eigenvalue weighted by molar-refractivity contribution is 6.04. The molecule has 0 fully saturated rings. The fraction of sp³-hybridized carbons (Fsp3) is 0. The number of carbonyl (C=O) groups excluding carboxylic acids is 1. The van der Waals surface area contributed by atoms with Gasteiger partial charge >= 0.3 is 0 Å². The van der Waals surface area contributed by atoms with Crippen molar-refractivity contribution in [3.05, 3.63) is 64.7 Å². The summed E-state index contributed by atoms with van der Waals surface area (Å²) in [5.41, 5.74) is -0.667. The monoisotopic (exact) mass is 294 g/mol. The van der Waals surface area contributed by atoms with Gasteiger partial charge in [-0.3, -0.25) is 4.79 Å². The van der Waals surface area contributed by atoms with Crippen molar-refractivity contribution >= 4 is 11.6 Å². The number of benzene rings is 2. The normalized spacial score (nSPS) is 10.0. The number of carbonyl (C=O) groups is 1. The van der Waals surface area contributed by atoms with Gasteiger partial charge in [-0.1, -0.05) is 0 Å². The van der Waals surface area contributed by atoms with Crippen molar-refractivity contribution in [2.75, 3.05) is 5.32 Å². The van der Waals surface area contributed by atoms with Crippen molar-refractivity contribution in [1.82, 2.24) is 0 Å². The van der Waals surface area contributed by atoms with E-state index in [-0.39, 0.29) is 11.3 Å². The van der Waals surface area contributed by atoms with Gasteiger partial charge in [0, 0.05) is 5.56 Å². The number of hydrogen-bond acceptors (Lipinski definition) is 2. The predicted molar refractivity (Wildman–Crippen MR) is 65.4 cm³/mol. The summed E-state index contributed by atoms with van der Waals surface area (Å²) in [4.78, 5) is 11.8. The number of rotatable bonds is 2. The summed E-state index contributed by atoms with van der Waals surface area (Å²) >= 11 is 0. The summed E-state index contributed by atoms with van der Waals surface area (Å²) < 4.78 is 51.8. The summed E-state index contributed by atoms with van der Waals surface area (Å²) in [6.45, 7) is 0. The van der Waals surface area contributed by atoms with E-state index in [2.05, 4.69) is 5.32 Å². The van der Waals surface area contributed by atoms with Crippen LogP contribution in [-0.2, 0) is 0 Å². The van der Waals surface area contributed by atoms with E-state index in [0.717, 1.165) is 18.2 Å². The molecule has 7 heteroatoms. The second-order valence-electron chi connectivity index (χ2n) is 4.01. The number of nitrogens with zero attached hydrogens (tertiary/aromatic N) is 1. The number of hydrogen-bond donors (Lipinski definition) is 1. The van der Waals surface area contributed by atoms with Crippen LogP contribution < -0.4 is 5.32 Å². The molecule has 2 rings (SSSR count). The highest BCUT2D eigenvalue weighted by atomic mass is 19.2. The van der Waals surface area contributed by atoms with Crippen LogP contribution >= 0.6 is 0 Å². The smallest absolute Gasteiger partial charge is 0.255 e. The zero-order valence-electron chi connectivity index (χ0n) is 10.3. The van der Waals surface area contributed by atoms with Crippen molar-refractivity contribution in [3.63, 3.8) is 0 Å². The molecule has 3 nitrogen and oxygen atoms in total. The molecular weight excluding hydrogens is 288 g/mol. The van der Waals surface area contributed by atoms with Gasteiger partial charge in [-0.25, -0.2) is 17.6 Å². The Balaban J connectivity index is 2.33. The van der Waals surface area contributed by atoms with Crippen molar-refractivity contribution in [2.45, 2.75) is 0 Å². The first-order chi connectivity index (χ1) is 9.92. The van der Waals surface area contributed by atoms with Gasteiger partial charge < -0.3 is 5.32 Å². The molecule has 0 atom stereocenters. The van der Waals surface area contributed by atoms with Gasteiger partial charge in [-0.2, -0.15) is 5.26 Å². The van der Waals surface area contributed by atoms with Gasteiger partial charge in [0.05, 0.1) is 11.3 Å². The second kappa shape index (κ2) is 5.63. The van der Waals surface area contributed by atoms with Crippen LogP contribution in [-0.4, -0.2) is 5.91 Å². The van der Waals surface area contributed by atoms with Gasteiger partial charge in [-0.15, -0.1) is 0 Å². The van der Waals surface area contributed by atoms with Crippen molar-refractivity contribution < 1.29 is 22.4 Å². The molecule has 0 heterocycles. The van der Waals surface area contributed by atoms with Crippen molar-refractivity contribution in [3.8, 4) is 6.07 Å². The minimum atomic E-state index is -1.69. The molecule has 1 N–H and O–H groups in total. The molecule has 0 bridgehead atoms. The lowest BCUT2D eigenvalue weighted by molar-refractivity contribution is 0.102. The number of nitriles is 1. The second-order valence-corrected chi connectivity index (χ2v) is 4.01. The van der Waals surface area contributed by atoms with Gasteiger partial charge in [-0.05, 0) is 30.3 Å². The first-order valence-corrected chi connectivity index (χ1v) is 5.58. The number of halogens is 4. The molecule has 2 aromatic carbocycles. The van der Waals surface area contributed by atoms with E-state index in [1.54, 1.807) is 6.07 Å². The third kappa shape index (κ3) is 3.00. The predicted octanol–water partition coefficient (Wildman–Crippen LogP) is 3.37. The van der Waals surface area contributed by atoms with E-state index in [1.807, 2.05) is 0 Å². The lowest BCUT2D eigenvalue weighted by Gasteiger charge is -2.07. The lowest BCUT2D eigenvalue weighted by Crippen LogP contribution is -2.14. The Morgan fingerprint density at radius 3 is 2.24 bits per heavy atom. The average Bonchev–Trinajstić information content (AvgIpc) is 2.45. The van der Waals surface area contributed by atoms with E-state index >= 15 is 0 Å². The van der Waals surface area contributed by atoms with E-state index < -0.39 is 34.7 Å². The molecule has 0 aliphatic heterocycles. The number of amides is 1. The van der Waals surface area contributed by atoms with Crippen LogP contribution in [0.5, 0.6) is 0 Å². The summed E-state index contributed by atoms with van der Waals surface area (Å²) in [6, 6.07) is 5.72. The Bertz CT molecular complexity index is 745. The van der Waals surface area contributed by atoms with E-state index in [9.17, 15) is 22.4 Å². The number of anilines is 1. The third-order valence-corrected chi connectivity index (χ3v) is 2.60. The summed E-state index contributed by atoms with van der Waals surface area (Å²) in [7, 11) is 0. The fourth-order valence-electron chi connectivity index (χ4n) is 1.60. The van der Waals surface area contributed by atoms with Crippen LogP contribution in [0.15, 0.2) is 30.3 Å². The van der Waals surface area contributed by atoms with Gasteiger partial charge in [0.1, 0.15) is 11.9 Å². The molecule has 2 aromatic rings. The SMILES string of the molecule is N#Cc1cc(F)ccc1NC(=O)c1cc(F)c(F)c(F)c1. The highest BCUT2D eigenvalue weighted by Gasteiger charge is 2.16. The third-order valence-electron chi connectivity index (χ3n) is 2.60. The molecule has 106 valence electrons. The van der Waals surface area contributed by atoms with Crippen LogP contribution in [0.3, 0.4) is 0 Å². The quantitative estimate of drug-likeness (QED) is 0.682. The minimum absolute atomic E-state index is 0.0333. The first kappa shape index (κ1) is 14.5. The Morgan fingerprint density at radius 2 is 1.67 bits per heavy atom. The Hall–Kier alpha value is -2.88. The maximum Gasteiger partial charge on any atom is 0.255 e.